The van der Waals surface area contributed by atoms with Crippen LogP contribution in [0, 0.1) is 5.92 Å². The molecule has 3 fully saturated rings. The summed E-state index contributed by atoms with van der Waals surface area (Å²) in [6.45, 7) is 10.2. The summed E-state index contributed by atoms with van der Waals surface area (Å²) in [7, 11) is 1.73. The van der Waals surface area contributed by atoms with Crippen LogP contribution in [0.15, 0.2) is 0 Å². The van der Waals surface area contributed by atoms with Crippen LogP contribution in [0.1, 0.15) is 59.8 Å². The van der Waals surface area contributed by atoms with Gasteiger partial charge in [0.05, 0.1) is 42.2 Å². The third-order valence-corrected chi connectivity index (χ3v) is 6.17. The van der Waals surface area contributed by atoms with Crippen molar-refractivity contribution in [2.75, 3.05) is 20.3 Å². The summed E-state index contributed by atoms with van der Waals surface area (Å²) in [6, 6.07) is 0. The maximum atomic E-state index is 6.32. The molecule has 2 heterocycles. The Morgan fingerprint density at radius 2 is 1.91 bits per heavy atom. The van der Waals surface area contributed by atoms with Crippen LogP contribution in [-0.4, -0.2) is 49.3 Å². The number of fused-ring (bicyclic) bond motifs is 1. The van der Waals surface area contributed by atoms with E-state index in [9.17, 15) is 0 Å². The van der Waals surface area contributed by atoms with E-state index in [0.717, 1.165) is 25.7 Å². The van der Waals surface area contributed by atoms with Gasteiger partial charge < -0.3 is 18.9 Å². The molecular weight excluding hydrogens is 280 g/mol. The molecule has 5 atom stereocenters. The molecule has 128 valence electrons. The van der Waals surface area contributed by atoms with Crippen molar-refractivity contribution in [3.8, 4) is 0 Å². The molecule has 3 aliphatic rings. The minimum Gasteiger partial charge on any atom is -0.382 e. The van der Waals surface area contributed by atoms with Gasteiger partial charge in [-0.05, 0) is 65.7 Å². The Hall–Kier alpha value is -0.160. The van der Waals surface area contributed by atoms with Gasteiger partial charge in [-0.25, -0.2) is 0 Å². The smallest absolute Gasteiger partial charge is 0.0920 e. The van der Waals surface area contributed by atoms with E-state index in [1.807, 2.05) is 0 Å². The van der Waals surface area contributed by atoms with Gasteiger partial charge in [0.2, 0.25) is 0 Å². The quantitative estimate of drug-likeness (QED) is 0.509. The summed E-state index contributed by atoms with van der Waals surface area (Å²) in [5, 5.41) is 0. The lowest BCUT2D eigenvalue weighted by Crippen LogP contribution is -2.42. The zero-order valence-electron chi connectivity index (χ0n) is 14.8. The number of hydrogen-bond acceptors (Lipinski definition) is 4. The first kappa shape index (κ1) is 16.7. The SMILES string of the molecule is COCCOC(C)(CCC1OC1(C)C)C1CCC2(C)OC2C1. The lowest BCUT2D eigenvalue weighted by Gasteiger charge is -2.40. The third-order valence-electron chi connectivity index (χ3n) is 6.17. The van der Waals surface area contributed by atoms with Crippen LogP contribution in [0.3, 0.4) is 0 Å². The molecule has 2 aliphatic heterocycles. The van der Waals surface area contributed by atoms with Gasteiger partial charge >= 0.3 is 0 Å². The molecule has 0 N–H and O–H groups in total. The maximum absolute atomic E-state index is 6.32. The molecule has 3 rings (SSSR count). The Morgan fingerprint density at radius 3 is 2.50 bits per heavy atom. The average Bonchev–Trinajstić information content (AvgIpc) is 3.30. The van der Waals surface area contributed by atoms with E-state index in [1.165, 1.54) is 6.42 Å². The van der Waals surface area contributed by atoms with Crippen LogP contribution in [0.4, 0.5) is 0 Å². The summed E-state index contributed by atoms with van der Waals surface area (Å²) in [5.41, 5.74) is 0.150. The van der Waals surface area contributed by atoms with Crippen molar-refractivity contribution in [2.45, 2.75) is 88.8 Å². The molecule has 5 unspecified atom stereocenters. The van der Waals surface area contributed by atoms with Crippen molar-refractivity contribution < 1.29 is 18.9 Å². The van der Waals surface area contributed by atoms with Gasteiger partial charge in [0.15, 0.2) is 0 Å². The predicted molar refractivity (Wildman–Crippen MR) is 85.0 cm³/mol. The molecular formula is C18H32O4. The standard InChI is InChI=1S/C18H32O4/c1-16(2)14(21-16)7-9-17(3,20-11-10-19-5)13-6-8-18(4)15(12-13)22-18/h13-15H,6-12H2,1-5H3. The molecule has 0 aromatic heterocycles. The average molecular weight is 312 g/mol. The van der Waals surface area contributed by atoms with Gasteiger partial charge in [0.1, 0.15) is 0 Å². The van der Waals surface area contributed by atoms with E-state index in [0.29, 0.717) is 31.3 Å². The van der Waals surface area contributed by atoms with Crippen molar-refractivity contribution >= 4 is 0 Å². The first-order valence-corrected chi connectivity index (χ1v) is 8.78. The van der Waals surface area contributed by atoms with Crippen molar-refractivity contribution in [1.29, 1.82) is 0 Å². The van der Waals surface area contributed by atoms with Gasteiger partial charge in [-0.3, -0.25) is 0 Å². The first-order chi connectivity index (χ1) is 10.3. The fourth-order valence-corrected chi connectivity index (χ4v) is 4.11. The van der Waals surface area contributed by atoms with E-state index < -0.39 is 0 Å². The van der Waals surface area contributed by atoms with Gasteiger partial charge in [-0.15, -0.1) is 0 Å². The fraction of sp³-hybridized carbons (Fsp3) is 1.00. The molecule has 0 radical (unpaired) electrons. The molecule has 0 bridgehead atoms. The minimum absolute atomic E-state index is 0.0676. The Labute approximate surface area is 134 Å². The van der Waals surface area contributed by atoms with Gasteiger partial charge in [0.25, 0.3) is 0 Å². The predicted octanol–water partition coefficient (Wildman–Crippen LogP) is 3.32. The lowest BCUT2D eigenvalue weighted by molar-refractivity contribution is -0.102. The fourth-order valence-electron chi connectivity index (χ4n) is 4.11. The summed E-state index contributed by atoms with van der Waals surface area (Å²) in [4.78, 5) is 0. The minimum atomic E-state index is -0.0894. The van der Waals surface area contributed by atoms with E-state index in [1.54, 1.807) is 7.11 Å². The summed E-state index contributed by atoms with van der Waals surface area (Å²) in [5.74, 6) is 0.576. The molecule has 0 aromatic carbocycles. The molecule has 2 saturated heterocycles. The van der Waals surface area contributed by atoms with Crippen molar-refractivity contribution in [3.05, 3.63) is 0 Å². The highest BCUT2D eigenvalue weighted by atomic mass is 16.6. The Bertz CT molecular complexity index is 410. The lowest BCUT2D eigenvalue weighted by atomic mass is 9.72. The van der Waals surface area contributed by atoms with Crippen molar-refractivity contribution in [2.24, 2.45) is 5.92 Å². The second kappa shape index (κ2) is 5.73. The molecule has 4 heteroatoms. The summed E-state index contributed by atoms with van der Waals surface area (Å²) >= 11 is 0. The van der Waals surface area contributed by atoms with Gasteiger partial charge in [-0.1, -0.05) is 0 Å². The topological polar surface area (TPSA) is 43.5 Å². The Morgan fingerprint density at radius 1 is 1.18 bits per heavy atom. The number of ether oxygens (including phenoxy) is 4. The first-order valence-electron chi connectivity index (χ1n) is 8.78. The molecule has 1 saturated carbocycles. The Kier molecular flexibility index (Phi) is 4.35. The highest BCUT2D eigenvalue weighted by Crippen LogP contribution is 2.53. The molecule has 22 heavy (non-hydrogen) atoms. The Balaban J connectivity index is 1.58. The maximum Gasteiger partial charge on any atom is 0.0920 e. The van der Waals surface area contributed by atoms with Crippen LogP contribution in [0.5, 0.6) is 0 Å². The second-order valence-electron chi connectivity index (χ2n) is 8.29. The van der Waals surface area contributed by atoms with Gasteiger partial charge in [-0.2, -0.15) is 0 Å². The van der Waals surface area contributed by atoms with Crippen LogP contribution >= 0.6 is 0 Å². The normalized spacial score (nSPS) is 41.6. The second-order valence-corrected chi connectivity index (χ2v) is 8.29. The van der Waals surface area contributed by atoms with E-state index in [2.05, 4.69) is 27.7 Å². The van der Waals surface area contributed by atoms with E-state index in [4.69, 9.17) is 18.9 Å². The van der Waals surface area contributed by atoms with Crippen molar-refractivity contribution in [1.82, 2.24) is 0 Å². The van der Waals surface area contributed by atoms with Crippen LogP contribution < -0.4 is 0 Å². The van der Waals surface area contributed by atoms with E-state index in [-0.39, 0.29) is 16.8 Å². The molecule has 4 nitrogen and oxygen atoms in total. The number of epoxide rings is 2. The highest BCUT2D eigenvalue weighted by molar-refractivity contribution is 5.07. The largest absolute Gasteiger partial charge is 0.382 e. The molecule has 0 amide bonds. The van der Waals surface area contributed by atoms with Crippen LogP contribution in [-0.2, 0) is 18.9 Å². The number of rotatable bonds is 8. The molecule has 1 aliphatic carbocycles. The number of methoxy groups -OCH3 is 1. The summed E-state index contributed by atoms with van der Waals surface area (Å²) < 4.78 is 23.1. The highest BCUT2D eigenvalue weighted by Gasteiger charge is 2.58. The van der Waals surface area contributed by atoms with Crippen LogP contribution in [0.2, 0.25) is 0 Å². The zero-order chi connectivity index (χ0) is 16.0. The summed E-state index contributed by atoms with van der Waals surface area (Å²) in [6.07, 6.45) is 6.47. The third kappa shape index (κ3) is 3.35. The van der Waals surface area contributed by atoms with E-state index >= 15 is 0 Å². The molecule has 0 spiro atoms. The van der Waals surface area contributed by atoms with Crippen molar-refractivity contribution in [3.63, 3.8) is 0 Å². The number of hydrogen-bond donors (Lipinski definition) is 0. The molecule has 0 aromatic rings. The monoisotopic (exact) mass is 312 g/mol. The van der Waals surface area contributed by atoms with Crippen LogP contribution in [0.25, 0.3) is 0 Å². The zero-order valence-corrected chi connectivity index (χ0v) is 14.8. The van der Waals surface area contributed by atoms with Gasteiger partial charge in [0, 0.05) is 7.11 Å².